The average Bonchev–Trinajstić information content (AvgIpc) is 3.22. The topological polar surface area (TPSA) is 129 Å². The highest BCUT2D eigenvalue weighted by Gasteiger charge is 2.36. The second kappa shape index (κ2) is 9.46. The predicted octanol–water partition coefficient (Wildman–Crippen LogP) is 2.72. The summed E-state index contributed by atoms with van der Waals surface area (Å²) in [6.45, 7) is 2.85. The van der Waals surface area contributed by atoms with Gasteiger partial charge in [-0.25, -0.2) is 18.4 Å². The Balaban J connectivity index is 1.71. The summed E-state index contributed by atoms with van der Waals surface area (Å²) >= 11 is 0. The third kappa shape index (κ3) is 5.40. The summed E-state index contributed by atoms with van der Waals surface area (Å²) in [4.78, 5) is 22.6. The first kappa shape index (κ1) is 24.9. The van der Waals surface area contributed by atoms with Crippen LogP contribution in [0.5, 0.6) is 0 Å². The van der Waals surface area contributed by atoms with E-state index < -0.39 is 21.6 Å². The zero-order chi connectivity index (χ0) is 25.4. The quantitative estimate of drug-likeness (QED) is 0.401. The van der Waals surface area contributed by atoms with Gasteiger partial charge in [-0.05, 0) is 12.5 Å². The van der Waals surface area contributed by atoms with Crippen molar-refractivity contribution in [1.82, 2.24) is 25.6 Å². The lowest BCUT2D eigenvalue weighted by Crippen LogP contribution is -2.52. The summed E-state index contributed by atoms with van der Waals surface area (Å²) in [5, 5.41) is 9.44. The number of fused-ring (bicyclic) bond motifs is 1. The van der Waals surface area contributed by atoms with Gasteiger partial charge in [-0.1, -0.05) is 19.1 Å². The number of carbonyl (C=O) groups excluding carboxylic acids is 1. The fourth-order valence-electron chi connectivity index (χ4n) is 4.17. The van der Waals surface area contributed by atoms with Crippen molar-refractivity contribution in [1.29, 1.82) is 0 Å². The highest BCUT2D eigenvalue weighted by atomic mass is 32.2. The zero-order valence-electron chi connectivity index (χ0n) is 19.0. The Morgan fingerprint density at radius 2 is 1.97 bits per heavy atom. The number of alkyl halides is 3. The van der Waals surface area contributed by atoms with Gasteiger partial charge in [0.25, 0.3) is 0 Å². The molecule has 2 atom stereocenters. The summed E-state index contributed by atoms with van der Waals surface area (Å²) < 4.78 is 65.8. The Labute approximate surface area is 199 Å². The van der Waals surface area contributed by atoms with E-state index in [0.29, 0.717) is 31.3 Å². The normalized spacial score (nSPS) is 19.0. The number of nitrogens with zero attached hydrogens (tertiary/aromatic N) is 2. The summed E-state index contributed by atoms with van der Waals surface area (Å²) in [6.07, 6.45) is -0.761. The van der Waals surface area contributed by atoms with E-state index in [2.05, 4.69) is 30.9 Å². The molecule has 4 N–H and O–H groups in total. The van der Waals surface area contributed by atoms with Crippen LogP contribution >= 0.6 is 0 Å². The van der Waals surface area contributed by atoms with Crippen LogP contribution in [0.3, 0.4) is 0 Å². The van der Waals surface area contributed by atoms with Gasteiger partial charge in [0.2, 0.25) is 11.9 Å². The number of halogens is 3. The second-order valence-corrected chi connectivity index (χ2v) is 10.4. The lowest BCUT2D eigenvalue weighted by molar-refractivity contribution is -0.137. The van der Waals surface area contributed by atoms with Crippen molar-refractivity contribution >= 4 is 32.6 Å². The van der Waals surface area contributed by atoms with Gasteiger partial charge in [0, 0.05) is 61.2 Å². The van der Waals surface area contributed by atoms with Crippen LogP contribution < -0.4 is 16.0 Å². The molecule has 188 valence electrons. The van der Waals surface area contributed by atoms with Crippen molar-refractivity contribution in [2.24, 2.45) is 0 Å². The first-order valence-electron chi connectivity index (χ1n) is 11.0. The lowest BCUT2D eigenvalue weighted by Gasteiger charge is -2.31. The number of aromatic amines is 1. The molecule has 1 fully saturated rings. The molecule has 1 amide bonds. The molecule has 0 aliphatic carbocycles. The van der Waals surface area contributed by atoms with E-state index in [-0.39, 0.29) is 45.6 Å². The first-order chi connectivity index (χ1) is 16.5. The number of hydrogen-bond acceptors (Lipinski definition) is 7. The van der Waals surface area contributed by atoms with Gasteiger partial charge in [0.05, 0.1) is 16.1 Å². The highest BCUT2D eigenvalue weighted by Crippen LogP contribution is 2.39. The average molecular weight is 511 g/mol. The van der Waals surface area contributed by atoms with Gasteiger partial charge in [0.15, 0.2) is 9.84 Å². The molecule has 0 radical (unpaired) electrons. The van der Waals surface area contributed by atoms with Crippen molar-refractivity contribution in [2.75, 3.05) is 24.7 Å². The Bertz CT molecular complexity index is 1360. The molecule has 4 rings (SSSR count). The van der Waals surface area contributed by atoms with Crippen molar-refractivity contribution in [3.05, 3.63) is 36.2 Å². The van der Waals surface area contributed by atoms with Crippen LogP contribution in [0.25, 0.3) is 22.2 Å². The van der Waals surface area contributed by atoms with Crippen LogP contribution in [0.15, 0.2) is 35.5 Å². The van der Waals surface area contributed by atoms with Gasteiger partial charge in [0.1, 0.15) is 5.56 Å². The largest absolute Gasteiger partial charge is 0.419 e. The van der Waals surface area contributed by atoms with Crippen molar-refractivity contribution in [3.8, 4) is 11.3 Å². The highest BCUT2D eigenvalue weighted by molar-refractivity contribution is 7.91. The van der Waals surface area contributed by atoms with E-state index in [0.717, 1.165) is 12.5 Å². The third-order valence-electron chi connectivity index (χ3n) is 5.80. The van der Waals surface area contributed by atoms with E-state index in [1.165, 1.54) is 24.4 Å². The van der Waals surface area contributed by atoms with Gasteiger partial charge in [-0.3, -0.25) is 4.79 Å². The number of anilines is 1. The number of hydrogen-bond donors (Lipinski definition) is 4. The first-order valence-corrected chi connectivity index (χ1v) is 12.9. The number of nitrogens with one attached hydrogen (secondary N) is 4. The van der Waals surface area contributed by atoms with Gasteiger partial charge < -0.3 is 20.9 Å². The molecular weight excluding hydrogens is 485 g/mol. The minimum atomic E-state index is -4.73. The van der Waals surface area contributed by atoms with Crippen LogP contribution in [0.4, 0.5) is 19.1 Å². The number of benzene rings is 1. The third-order valence-corrected chi connectivity index (χ3v) is 6.94. The molecule has 1 aliphatic rings. The van der Waals surface area contributed by atoms with E-state index in [1.54, 1.807) is 6.92 Å². The standard InChI is InChI=1S/C22H25F3N6O3S/c1-3-18(32)29-12-7-13(9-26-8-12)30-21-28-11-16(22(23,24)25)19(31-21)15-10-27-20-14(15)5-4-6-17(20)35(2,33)34/h4-6,10-13,26-27H,3,7-9H2,1-2H3,(H,29,32)(H,28,30,31)/t12-,13+/m1/s1. The molecule has 3 aromatic rings. The van der Waals surface area contributed by atoms with Crippen LogP contribution in [0.1, 0.15) is 25.3 Å². The van der Waals surface area contributed by atoms with Crippen molar-refractivity contribution in [2.45, 2.75) is 42.9 Å². The molecule has 0 saturated carbocycles. The number of carbonyl (C=O) groups is 1. The maximum Gasteiger partial charge on any atom is 0.419 e. The van der Waals surface area contributed by atoms with Crippen LogP contribution in [-0.4, -0.2) is 60.7 Å². The summed E-state index contributed by atoms with van der Waals surface area (Å²) in [7, 11) is -3.62. The maximum atomic E-state index is 13.8. The minimum Gasteiger partial charge on any atom is -0.359 e. The minimum absolute atomic E-state index is 0.00381. The monoisotopic (exact) mass is 510 g/mol. The molecule has 35 heavy (non-hydrogen) atoms. The van der Waals surface area contributed by atoms with E-state index in [1.807, 2.05) is 0 Å². The number of H-pyrrole nitrogens is 1. The number of piperidine rings is 1. The smallest absolute Gasteiger partial charge is 0.359 e. The van der Waals surface area contributed by atoms with Gasteiger partial charge in [-0.15, -0.1) is 0 Å². The molecular formula is C22H25F3N6O3S. The summed E-state index contributed by atoms with van der Waals surface area (Å²) in [5.74, 6) is -0.0887. The van der Waals surface area contributed by atoms with Crippen molar-refractivity contribution in [3.63, 3.8) is 0 Å². The van der Waals surface area contributed by atoms with E-state index >= 15 is 0 Å². The van der Waals surface area contributed by atoms with Gasteiger partial charge in [-0.2, -0.15) is 13.2 Å². The van der Waals surface area contributed by atoms with Gasteiger partial charge >= 0.3 is 6.18 Å². The van der Waals surface area contributed by atoms with Crippen LogP contribution in [-0.2, 0) is 20.8 Å². The fourth-order valence-corrected chi connectivity index (χ4v) is 5.04. The molecule has 0 spiro atoms. The summed E-state index contributed by atoms with van der Waals surface area (Å²) in [5.41, 5.74) is -1.09. The van der Waals surface area contributed by atoms with Crippen LogP contribution in [0.2, 0.25) is 0 Å². The molecule has 0 bridgehead atoms. The SMILES string of the molecule is CCC(=O)N[C@H]1CNC[C@@H](Nc2ncc(C(F)(F)F)c(-c3c[nH]c4c(S(C)(=O)=O)cccc34)n2)C1. The second-order valence-electron chi connectivity index (χ2n) is 8.46. The number of aromatic nitrogens is 3. The van der Waals surface area contributed by atoms with Crippen molar-refractivity contribution < 1.29 is 26.4 Å². The Morgan fingerprint density at radius 3 is 2.66 bits per heavy atom. The molecule has 1 aromatic carbocycles. The van der Waals surface area contributed by atoms with E-state index in [4.69, 9.17) is 0 Å². The number of sulfone groups is 1. The Kier molecular flexibility index (Phi) is 6.73. The molecule has 1 aliphatic heterocycles. The Morgan fingerprint density at radius 1 is 1.23 bits per heavy atom. The Hall–Kier alpha value is -3.19. The zero-order valence-corrected chi connectivity index (χ0v) is 19.8. The predicted molar refractivity (Wildman–Crippen MR) is 125 cm³/mol. The molecule has 0 unspecified atom stereocenters. The van der Waals surface area contributed by atoms with E-state index in [9.17, 15) is 26.4 Å². The van der Waals surface area contributed by atoms with Crippen LogP contribution in [0, 0.1) is 0 Å². The molecule has 13 heteroatoms. The number of amides is 1. The molecule has 2 aromatic heterocycles. The molecule has 9 nitrogen and oxygen atoms in total. The summed E-state index contributed by atoms with van der Waals surface area (Å²) in [6, 6.07) is 4.04. The fraction of sp³-hybridized carbons (Fsp3) is 0.409. The lowest BCUT2D eigenvalue weighted by atomic mass is 10.0. The number of para-hydroxylation sites is 1. The molecule has 1 saturated heterocycles. The molecule has 3 heterocycles. The maximum absolute atomic E-state index is 13.8. The number of rotatable bonds is 6.